The van der Waals surface area contributed by atoms with Crippen LogP contribution < -0.4 is 10.1 Å². The minimum absolute atomic E-state index is 0.187. The number of rotatable bonds is 8. The molecule has 3 heteroatoms. The van der Waals surface area contributed by atoms with E-state index in [2.05, 4.69) is 44.1 Å². The van der Waals surface area contributed by atoms with Crippen molar-refractivity contribution in [2.75, 3.05) is 13.1 Å². The van der Waals surface area contributed by atoms with Gasteiger partial charge in [0.15, 0.2) is 0 Å². The van der Waals surface area contributed by atoms with E-state index in [-0.39, 0.29) is 6.10 Å². The molecule has 0 aliphatic carbocycles. The first kappa shape index (κ1) is 17.0. The highest BCUT2D eigenvalue weighted by Gasteiger charge is 2.15. The lowest BCUT2D eigenvalue weighted by Crippen LogP contribution is -2.27. The van der Waals surface area contributed by atoms with Crippen LogP contribution in [0.2, 0.25) is 0 Å². The fourth-order valence-corrected chi connectivity index (χ4v) is 2.13. The van der Waals surface area contributed by atoms with Crippen molar-refractivity contribution in [2.24, 2.45) is 11.8 Å². The summed E-state index contributed by atoms with van der Waals surface area (Å²) in [6.45, 7) is 15.2. The van der Waals surface area contributed by atoms with Crippen LogP contribution in [0, 0.1) is 11.8 Å². The molecule has 1 rings (SSSR count). The quantitative estimate of drug-likeness (QED) is 0.784. The van der Waals surface area contributed by atoms with Gasteiger partial charge in [0.05, 0.1) is 12.3 Å². The van der Waals surface area contributed by atoms with Gasteiger partial charge in [-0.15, -0.1) is 0 Å². The van der Waals surface area contributed by atoms with Crippen molar-refractivity contribution in [1.29, 1.82) is 0 Å². The molecule has 0 aliphatic heterocycles. The summed E-state index contributed by atoms with van der Waals surface area (Å²) in [5.41, 5.74) is 1.25. The molecular formula is C17H30N2O. The highest BCUT2D eigenvalue weighted by molar-refractivity contribution is 5.26. The molecule has 0 fully saturated rings. The van der Waals surface area contributed by atoms with E-state index in [1.807, 2.05) is 20.0 Å². The highest BCUT2D eigenvalue weighted by Crippen LogP contribution is 2.26. The number of nitrogens with one attached hydrogen (secondary N) is 1. The van der Waals surface area contributed by atoms with Crippen LogP contribution >= 0.6 is 0 Å². The summed E-state index contributed by atoms with van der Waals surface area (Å²) in [6, 6.07) is 2.12. The van der Waals surface area contributed by atoms with Gasteiger partial charge in [-0.2, -0.15) is 0 Å². The van der Waals surface area contributed by atoms with Crippen LogP contribution in [0.4, 0.5) is 0 Å². The predicted octanol–water partition coefficient (Wildman–Crippen LogP) is 3.85. The maximum Gasteiger partial charge on any atom is 0.138 e. The molecule has 0 bridgehead atoms. The number of hydrogen-bond donors (Lipinski definition) is 1. The predicted molar refractivity (Wildman–Crippen MR) is 85.3 cm³/mol. The average molecular weight is 278 g/mol. The zero-order valence-corrected chi connectivity index (χ0v) is 13.8. The Bertz CT molecular complexity index is 390. The zero-order chi connectivity index (χ0) is 15.1. The molecule has 0 aromatic carbocycles. The average Bonchev–Trinajstić information content (AvgIpc) is 2.36. The molecule has 0 amide bonds. The maximum absolute atomic E-state index is 5.72. The summed E-state index contributed by atoms with van der Waals surface area (Å²) in [7, 11) is 0. The van der Waals surface area contributed by atoms with E-state index in [0.29, 0.717) is 17.8 Å². The Balaban J connectivity index is 2.59. The van der Waals surface area contributed by atoms with Crippen molar-refractivity contribution in [2.45, 2.75) is 53.6 Å². The molecule has 0 saturated heterocycles. The van der Waals surface area contributed by atoms with E-state index in [4.69, 9.17) is 4.74 Å². The van der Waals surface area contributed by atoms with Crippen molar-refractivity contribution >= 4 is 0 Å². The molecule has 1 N–H and O–H groups in total. The van der Waals surface area contributed by atoms with E-state index in [9.17, 15) is 0 Å². The Labute approximate surface area is 124 Å². The third-order valence-corrected chi connectivity index (χ3v) is 3.50. The van der Waals surface area contributed by atoms with Gasteiger partial charge in [-0.25, -0.2) is 0 Å². The second-order valence-corrected chi connectivity index (χ2v) is 6.44. The smallest absolute Gasteiger partial charge is 0.138 e. The van der Waals surface area contributed by atoms with E-state index in [1.165, 1.54) is 5.56 Å². The monoisotopic (exact) mass is 278 g/mol. The Kier molecular flexibility index (Phi) is 7.00. The Morgan fingerprint density at radius 2 is 1.75 bits per heavy atom. The lowest BCUT2D eigenvalue weighted by Gasteiger charge is -2.22. The molecule has 20 heavy (non-hydrogen) atoms. The van der Waals surface area contributed by atoms with Gasteiger partial charge in [0.2, 0.25) is 0 Å². The fraction of sp³-hybridized carbons (Fsp3) is 0.706. The van der Waals surface area contributed by atoms with E-state index < -0.39 is 0 Å². The van der Waals surface area contributed by atoms with Crippen LogP contribution in [0.5, 0.6) is 5.75 Å². The van der Waals surface area contributed by atoms with E-state index in [1.54, 1.807) is 6.20 Å². The van der Waals surface area contributed by atoms with Gasteiger partial charge in [0, 0.05) is 6.20 Å². The van der Waals surface area contributed by atoms with Crippen LogP contribution in [0.15, 0.2) is 18.5 Å². The maximum atomic E-state index is 5.72. The molecule has 114 valence electrons. The Morgan fingerprint density at radius 1 is 1.05 bits per heavy atom. The van der Waals surface area contributed by atoms with E-state index in [0.717, 1.165) is 18.8 Å². The van der Waals surface area contributed by atoms with E-state index >= 15 is 0 Å². The lowest BCUT2D eigenvalue weighted by molar-refractivity contribution is 0.241. The first-order valence-electron chi connectivity index (χ1n) is 7.72. The van der Waals surface area contributed by atoms with Crippen molar-refractivity contribution in [3.05, 3.63) is 24.0 Å². The molecular weight excluding hydrogens is 248 g/mol. The third-order valence-electron chi connectivity index (χ3n) is 3.50. The second-order valence-electron chi connectivity index (χ2n) is 6.44. The normalized spacial score (nSPS) is 14.6. The summed E-state index contributed by atoms with van der Waals surface area (Å²) >= 11 is 0. The fourth-order valence-electron chi connectivity index (χ4n) is 2.13. The van der Waals surface area contributed by atoms with Gasteiger partial charge in [-0.3, -0.25) is 4.98 Å². The third kappa shape index (κ3) is 5.91. The molecule has 0 radical (unpaired) electrons. The summed E-state index contributed by atoms with van der Waals surface area (Å²) in [5, 5.41) is 3.53. The number of pyridine rings is 1. The molecule has 1 heterocycles. The summed E-state index contributed by atoms with van der Waals surface area (Å²) < 4.78 is 5.72. The first-order chi connectivity index (χ1) is 9.40. The molecule has 2 atom stereocenters. The molecule has 1 aromatic rings. The largest absolute Gasteiger partial charge is 0.489 e. The number of ether oxygens (including phenoxy) is 1. The summed E-state index contributed by atoms with van der Waals surface area (Å²) in [4.78, 5) is 4.30. The first-order valence-corrected chi connectivity index (χ1v) is 7.72. The number of hydrogen-bond acceptors (Lipinski definition) is 3. The van der Waals surface area contributed by atoms with Crippen LogP contribution in [0.1, 0.15) is 53.0 Å². The highest BCUT2D eigenvalue weighted by atomic mass is 16.5. The van der Waals surface area contributed by atoms with Gasteiger partial charge in [0.25, 0.3) is 0 Å². The molecule has 3 nitrogen and oxygen atoms in total. The lowest BCUT2D eigenvalue weighted by atomic mass is 9.89. The molecule has 0 saturated carbocycles. The molecule has 0 spiro atoms. The Morgan fingerprint density at radius 3 is 2.35 bits per heavy atom. The van der Waals surface area contributed by atoms with Gasteiger partial charge < -0.3 is 10.1 Å². The van der Waals surface area contributed by atoms with Crippen molar-refractivity contribution < 1.29 is 4.74 Å². The zero-order valence-electron chi connectivity index (χ0n) is 13.8. The minimum atomic E-state index is 0.187. The topological polar surface area (TPSA) is 34.2 Å². The van der Waals surface area contributed by atoms with Crippen molar-refractivity contribution in [3.63, 3.8) is 0 Å². The minimum Gasteiger partial charge on any atom is -0.489 e. The summed E-state index contributed by atoms with van der Waals surface area (Å²) in [5.74, 6) is 2.61. The van der Waals surface area contributed by atoms with Gasteiger partial charge in [-0.05, 0) is 56.3 Å². The Hall–Kier alpha value is -1.09. The number of nitrogens with zero attached hydrogens (tertiary/aromatic N) is 1. The number of aromatic nitrogens is 1. The van der Waals surface area contributed by atoms with Crippen LogP contribution in [0.3, 0.4) is 0 Å². The molecule has 0 aliphatic rings. The van der Waals surface area contributed by atoms with Crippen LogP contribution in [0.25, 0.3) is 0 Å². The van der Waals surface area contributed by atoms with Gasteiger partial charge in [0.1, 0.15) is 5.75 Å². The van der Waals surface area contributed by atoms with Crippen molar-refractivity contribution in [3.8, 4) is 5.75 Å². The second kappa shape index (κ2) is 8.25. The summed E-state index contributed by atoms with van der Waals surface area (Å²) in [6.07, 6.45) is 3.93. The standard InChI is InChI=1S/C17H30N2O/c1-12(2)8-18-9-14(5)15(6)16-7-17(11-19-10-16)20-13(3)4/h7,10-15,18H,8-9H2,1-6H3. The molecule has 1 aromatic heterocycles. The molecule has 2 unspecified atom stereocenters. The van der Waals surface area contributed by atoms with Crippen LogP contribution in [-0.2, 0) is 0 Å². The van der Waals surface area contributed by atoms with Crippen LogP contribution in [-0.4, -0.2) is 24.2 Å². The van der Waals surface area contributed by atoms with Gasteiger partial charge in [-0.1, -0.05) is 27.7 Å². The van der Waals surface area contributed by atoms with Crippen molar-refractivity contribution in [1.82, 2.24) is 10.3 Å². The SMILES string of the molecule is CC(C)CNCC(C)C(C)c1cncc(OC(C)C)c1. The van der Waals surface area contributed by atoms with Gasteiger partial charge >= 0.3 is 0 Å².